The lowest BCUT2D eigenvalue weighted by atomic mass is 10.1. The van der Waals surface area contributed by atoms with Gasteiger partial charge in [-0.2, -0.15) is 0 Å². The summed E-state index contributed by atoms with van der Waals surface area (Å²) in [4.78, 5) is 2.40. The minimum absolute atomic E-state index is 0.459. The Kier molecular flexibility index (Phi) is 3.42. The number of hydrogen-bond acceptors (Lipinski definition) is 3. The second-order valence-corrected chi connectivity index (χ2v) is 4.73. The Morgan fingerprint density at radius 2 is 2.14 bits per heavy atom. The molecular formula is C11H22N2O. The number of rotatable bonds is 3. The molecule has 3 nitrogen and oxygen atoms in total. The van der Waals surface area contributed by atoms with Gasteiger partial charge in [0.05, 0.1) is 6.10 Å². The summed E-state index contributed by atoms with van der Waals surface area (Å²) in [6.07, 6.45) is 5.60. The first kappa shape index (κ1) is 10.4. The Hall–Kier alpha value is -0.120. The molecule has 0 aromatic heterocycles. The van der Waals surface area contributed by atoms with Crippen molar-refractivity contribution in [1.29, 1.82) is 0 Å². The Labute approximate surface area is 86.8 Å². The van der Waals surface area contributed by atoms with Crippen LogP contribution < -0.4 is 5.32 Å². The van der Waals surface area contributed by atoms with Crippen molar-refractivity contribution in [2.24, 2.45) is 0 Å². The molecular weight excluding hydrogens is 176 g/mol. The highest BCUT2D eigenvalue weighted by Crippen LogP contribution is 2.23. The average molecular weight is 198 g/mol. The van der Waals surface area contributed by atoms with Crippen LogP contribution in [0.1, 0.15) is 25.7 Å². The number of likely N-dealkylation sites (tertiary alicyclic amines) is 1. The van der Waals surface area contributed by atoms with Crippen molar-refractivity contribution in [3.05, 3.63) is 0 Å². The van der Waals surface area contributed by atoms with Crippen LogP contribution in [0.2, 0.25) is 0 Å². The molecule has 3 atom stereocenters. The fraction of sp³-hybridized carbons (Fsp3) is 1.00. The van der Waals surface area contributed by atoms with Gasteiger partial charge in [0.2, 0.25) is 0 Å². The number of nitrogens with one attached hydrogen (secondary N) is 1. The van der Waals surface area contributed by atoms with Crippen molar-refractivity contribution < 1.29 is 4.74 Å². The lowest BCUT2D eigenvalue weighted by molar-refractivity contribution is 0.0816. The summed E-state index contributed by atoms with van der Waals surface area (Å²) in [6.45, 7) is 2.44. The molecule has 2 rings (SSSR count). The molecule has 1 saturated heterocycles. The van der Waals surface area contributed by atoms with Gasteiger partial charge in [-0.1, -0.05) is 0 Å². The monoisotopic (exact) mass is 198 g/mol. The van der Waals surface area contributed by atoms with Crippen molar-refractivity contribution in [1.82, 2.24) is 10.2 Å². The standard InChI is InChI=1S/C11H22N2O/c1-13-7-6-9(8-13)12-10-4-3-5-11(10)14-2/h9-12H,3-8H2,1-2H3. The van der Waals surface area contributed by atoms with Crippen LogP contribution in [0, 0.1) is 0 Å². The summed E-state index contributed by atoms with van der Waals surface area (Å²) >= 11 is 0. The van der Waals surface area contributed by atoms with E-state index in [1.165, 1.54) is 38.8 Å². The van der Waals surface area contributed by atoms with E-state index in [1.807, 2.05) is 7.11 Å². The molecule has 0 bridgehead atoms. The Morgan fingerprint density at radius 3 is 2.79 bits per heavy atom. The van der Waals surface area contributed by atoms with Gasteiger partial charge in [-0.3, -0.25) is 0 Å². The SMILES string of the molecule is COC1CCCC1NC1CCN(C)C1. The third-order valence-corrected chi connectivity index (χ3v) is 3.60. The lowest BCUT2D eigenvalue weighted by Crippen LogP contribution is -2.44. The van der Waals surface area contributed by atoms with E-state index < -0.39 is 0 Å². The molecule has 0 aromatic carbocycles. The fourth-order valence-corrected chi connectivity index (χ4v) is 2.77. The number of methoxy groups -OCH3 is 1. The van der Waals surface area contributed by atoms with E-state index in [2.05, 4.69) is 17.3 Å². The van der Waals surface area contributed by atoms with Crippen molar-refractivity contribution in [3.63, 3.8) is 0 Å². The minimum Gasteiger partial charge on any atom is -0.380 e. The maximum absolute atomic E-state index is 5.48. The first-order valence-corrected chi connectivity index (χ1v) is 5.77. The molecule has 14 heavy (non-hydrogen) atoms. The molecule has 1 aliphatic carbocycles. The Balaban J connectivity index is 1.79. The average Bonchev–Trinajstić information content (AvgIpc) is 2.76. The highest BCUT2D eigenvalue weighted by atomic mass is 16.5. The summed E-state index contributed by atoms with van der Waals surface area (Å²) in [5.41, 5.74) is 0. The first-order valence-electron chi connectivity index (χ1n) is 5.77. The molecule has 1 heterocycles. The van der Waals surface area contributed by atoms with E-state index in [4.69, 9.17) is 4.74 Å². The van der Waals surface area contributed by atoms with Crippen molar-refractivity contribution >= 4 is 0 Å². The third-order valence-electron chi connectivity index (χ3n) is 3.60. The van der Waals surface area contributed by atoms with Gasteiger partial charge in [0.25, 0.3) is 0 Å². The van der Waals surface area contributed by atoms with Crippen LogP contribution in [-0.4, -0.2) is 50.3 Å². The van der Waals surface area contributed by atoms with E-state index in [1.54, 1.807) is 0 Å². The lowest BCUT2D eigenvalue weighted by Gasteiger charge is -2.23. The zero-order chi connectivity index (χ0) is 9.97. The van der Waals surface area contributed by atoms with Crippen LogP contribution in [0.4, 0.5) is 0 Å². The van der Waals surface area contributed by atoms with Gasteiger partial charge in [-0.05, 0) is 39.3 Å². The first-order chi connectivity index (χ1) is 6.79. The largest absolute Gasteiger partial charge is 0.380 e. The van der Waals surface area contributed by atoms with Crippen molar-refractivity contribution in [3.8, 4) is 0 Å². The van der Waals surface area contributed by atoms with Crippen LogP contribution in [0.3, 0.4) is 0 Å². The molecule has 0 spiro atoms. The quantitative estimate of drug-likeness (QED) is 0.727. The molecule has 2 fully saturated rings. The molecule has 82 valence electrons. The highest BCUT2D eigenvalue weighted by Gasteiger charge is 2.30. The van der Waals surface area contributed by atoms with Gasteiger partial charge in [-0.15, -0.1) is 0 Å². The van der Waals surface area contributed by atoms with Crippen molar-refractivity contribution in [2.45, 2.75) is 43.9 Å². The van der Waals surface area contributed by atoms with E-state index in [0.717, 1.165) is 0 Å². The molecule has 2 aliphatic rings. The van der Waals surface area contributed by atoms with Crippen molar-refractivity contribution in [2.75, 3.05) is 27.2 Å². The summed E-state index contributed by atoms with van der Waals surface area (Å²) in [6, 6.07) is 1.30. The third kappa shape index (κ3) is 2.27. The number of likely N-dealkylation sites (N-methyl/N-ethyl adjacent to an activating group) is 1. The number of ether oxygens (including phenoxy) is 1. The van der Waals surface area contributed by atoms with Crippen LogP contribution in [0.5, 0.6) is 0 Å². The second-order valence-electron chi connectivity index (χ2n) is 4.73. The van der Waals surface area contributed by atoms with Gasteiger partial charge in [-0.25, -0.2) is 0 Å². The molecule has 0 radical (unpaired) electrons. The van der Waals surface area contributed by atoms with Gasteiger partial charge < -0.3 is 15.0 Å². The second kappa shape index (κ2) is 4.60. The number of nitrogens with zero attached hydrogens (tertiary/aromatic N) is 1. The molecule has 1 saturated carbocycles. The molecule has 1 N–H and O–H groups in total. The topological polar surface area (TPSA) is 24.5 Å². The molecule has 3 heteroatoms. The normalized spacial score (nSPS) is 39.4. The van der Waals surface area contributed by atoms with Crippen LogP contribution >= 0.6 is 0 Å². The zero-order valence-corrected chi connectivity index (χ0v) is 9.33. The van der Waals surface area contributed by atoms with Gasteiger partial charge in [0.1, 0.15) is 0 Å². The zero-order valence-electron chi connectivity index (χ0n) is 9.33. The van der Waals surface area contributed by atoms with Gasteiger partial charge in [0.15, 0.2) is 0 Å². The summed E-state index contributed by atoms with van der Waals surface area (Å²) in [5, 5.41) is 3.74. The summed E-state index contributed by atoms with van der Waals surface area (Å²) in [5.74, 6) is 0. The molecule has 1 aliphatic heterocycles. The van der Waals surface area contributed by atoms with Gasteiger partial charge >= 0.3 is 0 Å². The van der Waals surface area contributed by atoms with Gasteiger partial charge in [0, 0.05) is 25.7 Å². The molecule has 0 aromatic rings. The van der Waals surface area contributed by atoms with Crippen LogP contribution in [0.15, 0.2) is 0 Å². The fourth-order valence-electron chi connectivity index (χ4n) is 2.77. The Bertz CT molecular complexity index is 186. The Morgan fingerprint density at radius 1 is 1.29 bits per heavy atom. The van der Waals surface area contributed by atoms with E-state index >= 15 is 0 Å². The smallest absolute Gasteiger partial charge is 0.0724 e. The van der Waals surface area contributed by atoms with Crippen LogP contribution in [0.25, 0.3) is 0 Å². The summed E-state index contributed by atoms with van der Waals surface area (Å²) < 4.78 is 5.48. The summed E-state index contributed by atoms with van der Waals surface area (Å²) in [7, 11) is 4.04. The predicted octanol–water partition coefficient (Wildman–Crippen LogP) is 0.848. The van der Waals surface area contributed by atoms with E-state index in [9.17, 15) is 0 Å². The maximum atomic E-state index is 5.48. The predicted molar refractivity (Wildman–Crippen MR) is 57.5 cm³/mol. The van der Waals surface area contributed by atoms with Crippen LogP contribution in [-0.2, 0) is 4.74 Å². The molecule has 3 unspecified atom stereocenters. The minimum atomic E-state index is 0.459. The van der Waals surface area contributed by atoms with E-state index in [-0.39, 0.29) is 0 Å². The maximum Gasteiger partial charge on any atom is 0.0724 e. The van der Waals surface area contributed by atoms with E-state index in [0.29, 0.717) is 18.2 Å². The number of hydrogen-bond donors (Lipinski definition) is 1. The highest BCUT2D eigenvalue weighted by molar-refractivity contribution is 4.89. The molecule has 0 amide bonds.